The van der Waals surface area contributed by atoms with Crippen molar-refractivity contribution in [1.82, 2.24) is 0 Å². The molecule has 0 unspecified atom stereocenters. The Labute approximate surface area is 195 Å². The van der Waals surface area contributed by atoms with E-state index in [1.54, 1.807) is 39.2 Å². The summed E-state index contributed by atoms with van der Waals surface area (Å²) in [7, 11) is 5.05. The Morgan fingerprint density at radius 1 is 0.875 bits per heavy atom. The third kappa shape index (κ3) is 6.03. The fourth-order valence-electron chi connectivity index (χ4n) is 3.84. The zero-order chi connectivity index (χ0) is 23.8. The van der Waals surface area contributed by atoms with Crippen LogP contribution in [0.5, 0.6) is 23.0 Å². The minimum Gasteiger partial charge on any atom is -0.496 e. The number of methoxy groups -OCH3 is 3. The van der Waals surface area contributed by atoms with Crippen LogP contribution in [-0.2, 0) is 11.2 Å². The molecule has 0 aliphatic carbocycles. The van der Waals surface area contributed by atoms with Crippen molar-refractivity contribution in [2.24, 2.45) is 0 Å². The second-order valence-electron chi connectivity index (χ2n) is 7.68. The number of aliphatic carboxylic acids is 1. The number of carbonyl (C=O) groups is 1. The molecule has 0 saturated heterocycles. The maximum atomic E-state index is 10.8. The molecule has 2 rings (SSSR count). The first-order valence-corrected chi connectivity index (χ1v) is 11.6. The molecule has 32 heavy (non-hydrogen) atoms. The van der Waals surface area contributed by atoms with Gasteiger partial charge in [0.25, 0.3) is 0 Å². The zero-order valence-electron chi connectivity index (χ0n) is 20.1. The van der Waals surface area contributed by atoms with E-state index in [1.165, 1.54) is 5.56 Å². The molecule has 6 nitrogen and oxygen atoms in total. The van der Waals surface area contributed by atoms with E-state index in [2.05, 4.69) is 20.8 Å². The topological polar surface area (TPSA) is 74.2 Å². The fraction of sp³-hybridized carbons (Fsp3) is 0.480. The van der Waals surface area contributed by atoms with Crippen LogP contribution in [0.15, 0.2) is 17.0 Å². The van der Waals surface area contributed by atoms with Crippen molar-refractivity contribution >= 4 is 17.7 Å². The minimum atomic E-state index is -1.00. The average molecular weight is 463 g/mol. The third-order valence-electron chi connectivity index (χ3n) is 5.61. The number of thioether (sulfide) groups is 1. The number of carboxylic acids is 1. The largest absolute Gasteiger partial charge is 0.496 e. The molecule has 0 spiro atoms. The molecule has 0 amide bonds. The number of benzene rings is 2. The summed E-state index contributed by atoms with van der Waals surface area (Å²) in [6.07, 6.45) is 2.98. The van der Waals surface area contributed by atoms with E-state index >= 15 is 0 Å². The van der Waals surface area contributed by atoms with Gasteiger partial charge >= 0.3 is 5.97 Å². The van der Waals surface area contributed by atoms with Gasteiger partial charge in [-0.15, -0.1) is 11.8 Å². The van der Waals surface area contributed by atoms with Crippen LogP contribution in [0.1, 0.15) is 40.7 Å². The second-order valence-corrected chi connectivity index (χ2v) is 8.81. The number of rotatable bonds is 12. The van der Waals surface area contributed by atoms with Crippen LogP contribution < -0.4 is 18.9 Å². The first kappa shape index (κ1) is 25.7. The summed E-state index contributed by atoms with van der Waals surface area (Å²) in [6, 6.07) is 3.75. The SMILES string of the molecule is COc1cc(OCC(=O)O)c(C)cc1SCCCCc1c(C)c(OC)c(C)c(C)c1OC. The lowest BCUT2D eigenvalue weighted by Gasteiger charge is -2.20. The molecule has 0 bridgehead atoms. The molecule has 0 aliphatic rings. The van der Waals surface area contributed by atoms with E-state index in [0.717, 1.165) is 63.7 Å². The molecule has 0 atom stereocenters. The van der Waals surface area contributed by atoms with E-state index in [4.69, 9.17) is 24.1 Å². The molecular formula is C25H34O6S. The van der Waals surface area contributed by atoms with Gasteiger partial charge in [-0.25, -0.2) is 4.79 Å². The van der Waals surface area contributed by atoms with Gasteiger partial charge < -0.3 is 24.1 Å². The maximum absolute atomic E-state index is 10.8. The summed E-state index contributed by atoms with van der Waals surface area (Å²) < 4.78 is 22.2. The Kier molecular flexibility index (Phi) is 9.57. The monoisotopic (exact) mass is 462 g/mol. The maximum Gasteiger partial charge on any atom is 0.341 e. The number of carboxylic acid groups (broad SMARTS) is 1. The van der Waals surface area contributed by atoms with Crippen molar-refractivity contribution in [2.75, 3.05) is 33.7 Å². The molecule has 0 fully saturated rings. The van der Waals surface area contributed by atoms with Gasteiger partial charge in [0.1, 0.15) is 23.0 Å². The van der Waals surface area contributed by atoms with Crippen LogP contribution in [0, 0.1) is 27.7 Å². The van der Waals surface area contributed by atoms with E-state index in [9.17, 15) is 4.79 Å². The Morgan fingerprint density at radius 2 is 1.53 bits per heavy atom. The van der Waals surface area contributed by atoms with Gasteiger partial charge in [0, 0.05) is 16.5 Å². The Balaban J connectivity index is 2.02. The smallest absolute Gasteiger partial charge is 0.341 e. The Morgan fingerprint density at radius 3 is 2.12 bits per heavy atom. The summed E-state index contributed by atoms with van der Waals surface area (Å²) >= 11 is 1.73. The number of unbranched alkanes of at least 4 members (excludes halogenated alkanes) is 1. The number of hydrogen-bond donors (Lipinski definition) is 1. The summed E-state index contributed by atoms with van der Waals surface area (Å²) in [6.45, 7) is 7.77. The lowest BCUT2D eigenvalue weighted by Crippen LogP contribution is -2.10. The van der Waals surface area contributed by atoms with Crippen LogP contribution in [0.25, 0.3) is 0 Å². The molecule has 2 aromatic rings. The predicted octanol–water partition coefficient (Wildman–Crippen LogP) is 5.52. The minimum absolute atomic E-state index is 0.372. The molecule has 0 aromatic heterocycles. The molecule has 7 heteroatoms. The van der Waals surface area contributed by atoms with Crippen molar-refractivity contribution in [1.29, 1.82) is 0 Å². The molecule has 0 saturated carbocycles. The van der Waals surface area contributed by atoms with Crippen LogP contribution >= 0.6 is 11.8 Å². The summed E-state index contributed by atoms with van der Waals surface area (Å²) in [5.74, 6) is 3.06. The third-order valence-corrected chi connectivity index (χ3v) is 6.73. The number of aryl methyl sites for hydroxylation is 1. The number of ether oxygens (including phenoxy) is 4. The van der Waals surface area contributed by atoms with Gasteiger partial charge in [0.2, 0.25) is 0 Å². The van der Waals surface area contributed by atoms with Gasteiger partial charge in [0.05, 0.1) is 21.3 Å². The highest BCUT2D eigenvalue weighted by molar-refractivity contribution is 7.99. The van der Waals surface area contributed by atoms with Crippen molar-refractivity contribution in [3.8, 4) is 23.0 Å². The summed E-state index contributed by atoms with van der Waals surface area (Å²) in [5.41, 5.74) is 5.50. The molecule has 0 aliphatic heterocycles. The van der Waals surface area contributed by atoms with Crippen molar-refractivity contribution < 1.29 is 28.8 Å². The molecule has 176 valence electrons. The van der Waals surface area contributed by atoms with Crippen LogP contribution in [0.2, 0.25) is 0 Å². The standard InChI is InChI=1S/C25H34O6S/c1-15-12-22(21(28-5)13-20(15)31-14-23(26)27)32-11-9-8-10-19-18(4)24(29-6)16(2)17(3)25(19)30-7/h12-13H,8-11,14H2,1-7H3,(H,26,27). The highest BCUT2D eigenvalue weighted by atomic mass is 32.2. The van der Waals surface area contributed by atoms with Crippen LogP contribution in [0.3, 0.4) is 0 Å². The summed E-state index contributed by atoms with van der Waals surface area (Å²) in [5, 5.41) is 8.83. The zero-order valence-corrected chi connectivity index (χ0v) is 20.9. The first-order valence-electron chi connectivity index (χ1n) is 10.6. The van der Waals surface area contributed by atoms with E-state index in [-0.39, 0.29) is 6.61 Å². The van der Waals surface area contributed by atoms with Gasteiger partial charge in [0.15, 0.2) is 6.61 Å². The number of hydrogen-bond acceptors (Lipinski definition) is 6. The predicted molar refractivity (Wildman–Crippen MR) is 128 cm³/mol. The van der Waals surface area contributed by atoms with Gasteiger partial charge in [-0.2, -0.15) is 0 Å². The summed E-state index contributed by atoms with van der Waals surface area (Å²) in [4.78, 5) is 11.8. The quantitative estimate of drug-likeness (QED) is 0.329. The van der Waals surface area contributed by atoms with E-state index in [0.29, 0.717) is 11.5 Å². The molecule has 0 heterocycles. The van der Waals surface area contributed by atoms with Crippen molar-refractivity contribution in [2.45, 2.75) is 51.9 Å². The van der Waals surface area contributed by atoms with Gasteiger partial charge in [-0.05, 0) is 81.0 Å². The van der Waals surface area contributed by atoms with Crippen molar-refractivity contribution in [3.05, 3.63) is 39.9 Å². The van der Waals surface area contributed by atoms with Crippen molar-refractivity contribution in [3.63, 3.8) is 0 Å². The van der Waals surface area contributed by atoms with Crippen LogP contribution in [0.4, 0.5) is 0 Å². The van der Waals surface area contributed by atoms with E-state index < -0.39 is 5.97 Å². The second kappa shape index (κ2) is 11.9. The fourth-order valence-corrected chi connectivity index (χ4v) is 4.95. The molecule has 2 aromatic carbocycles. The van der Waals surface area contributed by atoms with Gasteiger partial charge in [-0.1, -0.05) is 0 Å². The highest BCUT2D eigenvalue weighted by Gasteiger charge is 2.18. The lowest BCUT2D eigenvalue weighted by atomic mass is 9.94. The highest BCUT2D eigenvalue weighted by Crippen LogP contribution is 2.39. The molecule has 1 N–H and O–H groups in total. The lowest BCUT2D eigenvalue weighted by molar-refractivity contribution is -0.139. The molecule has 0 radical (unpaired) electrons. The van der Waals surface area contributed by atoms with Crippen LogP contribution in [-0.4, -0.2) is 44.8 Å². The molecular weight excluding hydrogens is 428 g/mol. The normalized spacial score (nSPS) is 10.7. The van der Waals surface area contributed by atoms with Gasteiger partial charge in [-0.3, -0.25) is 0 Å². The first-order chi connectivity index (χ1) is 15.2. The Hall–Kier alpha value is -2.54. The van der Waals surface area contributed by atoms with E-state index in [1.807, 2.05) is 13.0 Å². The Bertz CT molecular complexity index is 954. The average Bonchev–Trinajstić information content (AvgIpc) is 2.76.